The van der Waals surface area contributed by atoms with Gasteiger partial charge in [0.15, 0.2) is 0 Å². The third-order valence-electron chi connectivity index (χ3n) is 3.94. The van der Waals surface area contributed by atoms with Gasteiger partial charge in [-0.15, -0.1) is 11.3 Å². The van der Waals surface area contributed by atoms with Crippen molar-refractivity contribution < 1.29 is 0 Å². The van der Waals surface area contributed by atoms with E-state index < -0.39 is 0 Å². The molecule has 1 saturated heterocycles. The smallest absolute Gasteiger partial charge is 0.107 e. The summed E-state index contributed by atoms with van der Waals surface area (Å²) in [6.07, 6.45) is 4.07. The molecule has 0 spiro atoms. The van der Waals surface area contributed by atoms with E-state index in [0.29, 0.717) is 0 Å². The lowest BCUT2D eigenvalue weighted by Gasteiger charge is -2.31. The predicted molar refractivity (Wildman–Crippen MR) is 87.0 cm³/mol. The summed E-state index contributed by atoms with van der Waals surface area (Å²) in [6.45, 7) is 13.3. The standard InChI is InChI=1S/C16H29N3S/c1-5-13-7-6-8-19(10-13)11-14-12-20-15(18-14)9-17-16(2,3)4/h12-13,17H,5-11H2,1-4H3. The van der Waals surface area contributed by atoms with Crippen LogP contribution in [-0.2, 0) is 13.1 Å². The van der Waals surface area contributed by atoms with Crippen molar-refractivity contribution in [2.45, 2.75) is 65.6 Å². The van der Waals surface area contributed by atoms with Crippen molar-refractivity contribution in [3.8, 4) is 0 Å². The summed E-state index contributed by atoms with van der Waals surface area (Å²) in [6, 6.07) is 0. The van der Waals surface area contributed by atoms with E-state index in [-0.39, 0.29) is 5.54 Å². The Kier molecular flexibility index (Phi) is 5.58. The van der Waals surface area contributed by atoms with Crippen LogP contribution in [0, 0.1) is 5.92 Å². The van der Waals surface area contributed by atoms with E-state index in [1.54, 1.807) is 11.3 Å². The molecule has 3 nitrogen and oxygen atoms in total. The largest absolute Gasteiger partial charge is 0.306 e. The van der Waals surface area contributed by atoms with Gasteiger partial charge in [-0.05, 0) is 46.1 Å². The summed E-state index contributed by atoms with van der Waals surface area (Å²) in [5, 5.41) is 6.94. The Morgan fingerprint density at radius 2 is 2.25 bits per heavy atom. The van der Waals surface area contributed by atoms with Crippen LogP contribution in [-0.4, -0.2) is 28.5 Å². The van der Waals surface area contributed by atoms with Crippen LogP contribution in [0.2, 0.25) is 0 Å². The highest BCUT2D eigenvalue weighted by atomic mass is 32.1. The highest BCUT2D eigenvalue weighted by Gasteiger charge is 2.19. The SMILES string of the molecule is CCC1CCCN(Cc2csc(CNC(C)(C)C)n2)C1. The van der Waals surface area contributed by atoms with E-state index in [2.05, 4.69) is 43.3 Å². The number of hydrogen-bond acceptors (Lipinski definition) is 4. The molecule has 1 unspecified atom stereocenters. The van der Waals surface area contributed by atoms with Gasteiger partial charge in [0.05, 0.1) is 5.69 Å². The van der Waals surface area contributed by atoms with Gasteiger partial charge in [0.2, 0.25) is 0 Å². The first-order chi connectivity index (χ1) is 9.46. The summed E-state index contributed by atoms with van der Waals surface area (Å²) >= 11 is 1.79. The monoisotopic (exact) mass is 295 g/mol. The fourth-order valence-electron chi connectivity index (χ4n) is 2.70. The molecule has 1 fully saturated rings. The van der Waals surface area contributed by atoms with Gasteiger partial charge in [-0.2, -0.15) is 0 Å². The second-order valence-corrected chi connectivity index (χ2v) is 7.93. The van der Waals surface area contributed by atoms with Crippen LogP contribution in [0.3, 0.4) is 0 Å². The quantitative estimate of drug-likeness (QED) is 0.898. The normalized spacial score (nSPS) is 21.3. The van der Waals surface area contributed by atoms with E-state index in [1.165, 1.54) is 43.1 Å². The molecule has 4 heteroatoms. The second kappa shape index (κ2) is 7.01. The Labute approximate surface area is 127 Å². The Bertz CT molecular complexity index is 408. The van der Waals surface area contributed by atoms with Gasteiger partial charge >= 0.3 is 0 Å². The Morgan fingerprint density at radius 3 is 2.95 bits per heavy atom. The zero-order chi connectivity index (χ0) is 14.6. The Balaban J connectivity index is 1.83. The average molecular weight is 295 g/mol. The fourth-order valence-corrected chi connectivity index (χ4v) is 3.43. The molecule has 2 rings (SSSR count). The van der Waals surface area contributed by atoms with Crippen LogP contribution < -0.4 is 5.32 Å². The first-order valence-corrected chi connectivity index (χ1v) is 8.75. The van der Waals surface area contributed by atoms with Crippen molar-refractivity contribution in [2.24, 2.45) is 5.92 Å². The van der Waals surface area contributed by atoms with Gasteiger partial charge in [0, 0.05) is 30.6 Å². The van der Waals surface area contributed by atoms with Crippen molar-refractivity contribution in [1.82, 2.24) is 15.2 Å². The Morgan fingerprint density at radius 1 is 1.45 bits per heavy atom. The zero-order valence-electron chi connectivity index (χ0n) is 13.4. The van der Waals surface area contributed by atoms with Gasteiger partial charge in [0.1, 0.15) is 5.01 Å². The average Bonchev–Trinajstić information content (AvgIpc) is 2.83. The first kappa shape index (κ1) is 15.9. The van der Waals surface area contributed by atoms with Crippen LogP contribution in [0.5, 0.6) is 0 Å². The molecule has 0 aliphatic carbocycles. The summed E-state index contributed by atoms with van der Waals surface area (Å²) in [4.78, 5) is 7.35. The molecule has 0 bridgehead atoms. The lowest BCUT2D eigenvalue weighted by Crippen LogP contribution is -2.35. The number of nitrogens with one attached hydrogen (secondary N) is 1. The minimum atomic E-state index is 0.160. The molecule has 0 saturated carbocycles. The minimum absolute atomic E-state index is 0.160. The lowest BCUT2D eigenvalue weighted by molar-refractivity contribution is 0.163. The number of thiazole rings is 1. The molecule has 114 valence electrons. The minimum Gasteiger partial charge on any atom is -0.306 e. The van der Waals surface area contributed by atoms with Crippen molar-refractivity contribution in [1.29, 1.82) is 0 Å². The van der Waals surface area contributed by atoms with E-state index in [1.807, 2.05) is 0 Å². The van der Waals surface area contributed by atoms with Crippen LogP contribution in [0.25, 0.3) is 0 Å². The number of piperidine rings is 1. The van der Waals surface area contributed by atoms with Crippen molar-refractivity contribution in [3.63, 3.8) is 0 Å². The lowest BCUT2D eigenvalue weighted by atomic mass is 9.96. The molecule has 0 aromatic carbocycles. The molecule has 1 atom stereocenters. The summed E-state index contributed by atoms with van der Waals surface area (Å²) < 4.78 is 0. The van der Waals surface area contributed by atoms with Gasteiger partial charge in [-0.1, -0.05) is 13.3 Å². The number of aromatic nitrogens is 1. The van der Waals surface area contributed by atoms with E-state index in [0.717, 1.165) is 19.0 Å². The molecule has 2 heterocycles. The maximum absolute atomic E-state index is 4.77. The van der Waals surface area contributed by atoms with Crippen LogP contribution >= 0.6 is 11.3 Å². The summed E-state index contributed by atoms with van der Waals surface area (Å²) in [5.74, 6) is 0.893. The van der Waals surface area contributed by atoms with Gasteiger partial charge < -0.3 is 5.32 Å². The van der Waals surface area contributed by atoms with Crippen LogP contribution in [0.15, 0.2) is 5.38 Å². The summed E-state index contributed by atoms with van der Waals surface area (Å²) in [7, 11) is 0. The topological polar surface area (TPSA) is 28.2 Å². The molecule has 1 aromatic rings. The molecule has 20 heavy (non-hydrogen) atoms. The van der Waals surface area contributed by atoms with Crippen LogP contribution in [0.4, 0.5) is 0 Å². The third kappa shape index (κ3) is 5.15. The fraction of sp³-hybridized carbons (Fsp3) is 0.812. The number of likely N-dealkylation sites (tertiary alicyclic amines) is 1. The Hall–Kier alpha value is -0.450. The molecule has 1 N–H and O–H groups in total. The number of rotatable bonds is 5. The molecule has 0 radical (unpaired) electrons. The predicted octanol–water partition coefficient (Wildman–Crippen LogP) is 3.65. The third-order valence-corrected chi connectivity index (χ3v) is 4.83. The van der Waals surface area contributed by atoms with E-state index in [4.69, 9.17) is 4.98 Å². The van der Waals surface area contributed by atoms with Gasteiger partial charge in [-0.25, -0.2) is 4.98 Å². The molecule has 1 aliphatic heterocycles. The summed E-state index contributed by atoms with van der Waals surface area (Å²) in [5.41, 5.74) is 1.41. The molecule has 1 aliphatic rings. The van der Waals surface area contributed by atoms with Gasteiger partial charge in [0.25, 0.3) is 0 Å². The van der Waals surface area contributed by atoms with Crippen LogP contribution in [0.1, 0.15) is 57.7 Å². The number of nitrogens with zero attached hydrogens (tertiary/aromatic N) is 2. The van der Waals surface area contributed by atoms with Crippen molar-refractivity contribution in [3.05, 3.63) is 16.1 Å². The van der Waals surface area contributed by atoms with E-state index >= 15 is 0 Å². The highest BCUT2D eigenvalue weighted by Crippen LogP contribution is 2.21. The molecule has 0 amide bonds. The van der Waals surface area contributed by atoms with Crippen molar-refractivity contribution >= 4 is 11.3 Å². The number of hydrogen-bond donors (Lipinski definition) is 1. The second-order valence-electron chi connectivity index (χ2n) is 6.99. The van der Waals surface area contributed by atoms with Crippen molar-refractivity contribution in [2.75, 3.05) is 13.1 Å². The molecular formula is C16H29N3S. The van der Waals surface area contributed by atoms with E-state index in [9.17, 15) is 0 Å². The first-order valence-electron chi connectivity index (χ1n) is 7.87. The molecular weight excluding hydrogens is 266 g/mol. The van der Waals surface area contributed by atoms with Gasteiger partial charge in [-0.3, -0.25) is 4.90 Å². The zero-order valence-corrected chi connectivity index (χ0v) is 14.2. The molecule has 1 aromatic heterocycles. The highest BCUT2D eigenvalue weighted by molar-refractivity contribution is 7.09. The maximum Gasteiger partial charge on any atom is 0.107 e. The maximum atomic E-state index is 4.77.